The van der Waals surface area contributed by atoms with Crippen LogP contribution in [0.1, 0.15) is 47.2 Å². The number of carbonyl (C=O) groups is 1. The van der Waals surface area contributed by atoms with Crippen molar-refractivity contribution in [2.24, 2.45) is 0 Å². The van der Waals surface area contributed by atoms with Gasteiger partial charge in [0.1, 0.15) is 0 Å². The first-order chi connectivity index (χ1) is 8.69. The van der Waals surface area contributed by atoms with Crippen LogP contribution in [0.2, 0.25) is 0 Å². The maximum absolute atomic E-state index is 11.9. The van der Waals surface area contributed by atoms with Crippen LogP contribution in [0.25, 0.3) is 4.85 Å². The first-order valence-electron chi connectivity index (χ1n) is 6.51. The Morgan fingerprint density at radius 2 is 2.00 bits per heavy atom. The Kier molecular flexibility index (Phi) is 1.66. The highest BCUT2D eigenvalue weighted by Crippen LogP contribution is 2.54. The van der Waals surface area contributed by atoms with Crippen molar-refractivity contribution in [3.63, 3.8) is 0 Å². The van der Waals surface area contributed by atoms with E-state index in [0.717, 1.165) is 43.4 Å². The first kappa shape index (κ1) is 10.1. The van der Waals surface area contributed by atoms with E-state index in [1.54, 1.807) is 0 Å². The van der Waals surface area contributed by atoms with Crippen LogP contribution in [-0.2, 0) is 11.0 Å². The van der Waals surface area contributed by atoms with Crippen LogP contribution in [0.15, 0.2) is 18.2 Å². The van der Waals surface area contributed by atoms with Crippen molar-refractivity contribution >= 4 is 5.91 Å². The number of amides is 1. The van der Waals surface area contributed by atoms with Gasteiger partial charge in [-0.2, -0.15) is 0 Å². The Morgan fingerprint density at radius 3 is 2.61 bits per heavy atom. The zero-order valence-electron chi connectivity index (χ0n) is 10.1. The molecule has 1 amide bonds. The summed E-state index contributed by atoms with van der Waals surface area (Å²) in [5.41, 5.74) is 3.07. The number of benzene rings is 1. The number of nitrogens with one attached hydrogen (secondary N) is 1. The van der Waals surface area contributed by atoms with Gasteiger partial charge in [-0.15, -0.1) is 0 Å². The molecule has 3 aliphatic rings. The second-order valence-electron chi connectivity index (χ2n) is 5.87. The number of hydrogen-bond acceptors (Lipinski definition) is 1. The Labute approximate surface area is 106 Å². The van der Waals surface area contributed by atoms with E-state index < -0.39 is 0 Å². The van der Waals surface area contributed by atoms with Crippen LogP contribution in [0, 0.1) is 6.57 Å². The molecule has 1 aromatic rings. The Morgan fingerprint density at radius 1 is 1.22 bits per heavy atom. The van der Waals surface area contributed by atoms with E-state index in [4.69, 9.17) is 6.57 Å². The van der Waals surface area contributed by atoms with E-state index in [1.165, 1.54) is 5.56 Å². The van der Waals surface area contributed by atoms with E-state index in [0.29, 0.717) is 0 Å². The normalized spacial score (nSPS) is 24.9. The molecule has 0 unspecified atom stereocenters. The third kappa shape index (κ3) is 1.16. The fraction of sp³-hybridized carbons (Fsp3) is 0.467. The number of nitrogens with zero attached hydrogens (tertiary/aromatic N) is 1. The molecule has 4 rings (SSSR count). The molecule has 0 atom stereocenters. The molecule has 1 aromatic carbocycles. The molecule has 0 radical (unpaired) electrons. The second-order valence-corrected chi connectivity index (χ2v) is 5.87. The zero-order valence-corrected chi connectivity index (χ0v) is 10.1. The van der Waals surface area contributed by atoms with Gasteiger partial charge in [-0.05, 0) is 30.5 Å². The molecule has 18 heavy (non-hydrogen) atoms. The number of carbonyl (C=O) groups excluding carboxylic acids is 1. The lowest BCUT2D eigenvalue weighted by atomic mass is 9.85. The monoisotopic (exact) mass is 238 g/mol. The smallest absolute Gasteiger partial charge is 0.258 e. The molecule has 2 saturated carbocycles. The molecule has 2 fully saturated rings. The maximum Gasteiger partial charge on any atom is 0.258 e. The molecule has 1 aliphatic heterocycles. The van der Waals surface area contributed by atoms with Crippen LogP contribution in [0.4, 0.5) is 0 Å². The van der Waals surface area contributed by atoms with Crippen molar-refractivity contribution in [3.05, 3.63) is 46.3 Å². The van der Waals surface area contributed by atoms with Gasteiger partial charge in [-0.25, -0.2) is 6.57 Å². The van der Waals surface area contributed by atoms with Gasteiger partial charge in [0, 0.05) is 35.9 Å². The molecule has 1 heterocycles. The minimum atomic E-state index is -0.265. The Balaban J connectivity index is 1.88. The number of rotatable bonds is 1. The fourth-order valence-corrected chi connectivity index (χ4v) is 3.09. The van der Waals surface area contributed by atoms with Gasteiger partial charge in [0.2, 0.25) is 0 Å². The molecular formula is C15H14N2O. The van der Waals surface area contributed by atoms with Gasteiger partial charge in [0.25, 0.3) is 11.4 Å². The van der Waals surface area contributed by atoms with Crippen LogP contribution in [-0.4, -0.2) is 12.5 Å². The summed E-state index contributed by atoms with van der Waals surface area (Å²) in [6.07, 6.45) is 4.26. The average molecular weight is 238 g/mol. The maximum atomic E-state index is 11.9. The summed E-state index contributed by atoms with van der Waals surface area (Å²) in [5, 5.41) is 2.98. The van der Waals surface area contributed by atoms with Gasteiger partial charge < -0.3 is 10.2 Å². The fourth-order valence-electron chi connectivity index (χ4n) is 3.09. The van der Waals surface area contributed by atoms with Gasteiger partial charge in [-0.3, -0.25) is 4.79 Å². The van der Waals surface area contributed by atoms with Gasteiger partial charge >= 0.3 is 0 Å². The molecular weight excluding hydrogens is 224 g/mol. The van der Waals surface area contributed by atoms with E-state index >= 15 is 0 Å². The van der Waals surface area contributed by atoms with E-state index in [-0.39, 0.29) is 16.9 Å². The third-order valence-electron chi connectivity index (χ3n) is 4.75. The molecule has 0 aromatic heterocycles. The van der Waals surface area contributed by atoms with Crippen LogP contribution in [0.5, 0.6) is 0 Å². The summed E-state index contributed by atoms with van der Waals surface area (Å²) in [5.74, 6) is 0.0433. The van der Waals surface area contributed by atoms with Gasteiger partial charge in [0.15, 0.2) is 0 Å². The van der Waals surface area contributed by atoms with Crippen LogP contribution in [0.3, 0.4) is 0 Å². The summed E-state index contributed by atoms with van der Waals surface area (Å²) in [4.78, 5) is 15.7. The SMILES string of the molecule is [C-]#[N+]C1(c2ccc3c(c2)C2(CC2)CNC3=O)CC1. The highest BCUT2D eigenvalue weighted by molar-refractivity contribution is 5.98. The second kappa shape index (κ2) is 2.95. The molecule has 1 spiro atoms. The van der Waals surface area contributed by atoms with Gasteiger partial charge in [-0.1, -0.05) is 6.07 Å². The molecule has 1 N–H and O–H groups in total. The van der Waals surface area contributed by atoms with Crippen molar-refractivity contribution in [1.82, 2.24) is 5.32 Å². The Bertz CT molecular complexity index is 603. The predicted molar refractivity (Wildman–Crippen MR) is 67.2 cm³/mol. The van der Waals surface area contributed by atoms with Crippen LogP contribution < -0.4 is 5.32 Å². The molecule has 90 valence electrons. The lowest BCUT2D eigenvalue weighted by molar-refractivity contribution is 0.0937. The predicted octanol–water partition coefficient (Wildman–Crippen LogP) is 2.37. The van der Waals surface area contributed by atoms with Crippen molar-refractivity contribution < 1.29 is 4.79 Å². The number of fused-ring (bicyclic) bond motifs is 2. The number of hydrogen-bond donors (Lipinski definition) is 1. The minimum Gasteiger partial charge on any atom is -0.351 e. The van der Waals surface area contributed by atoms with Crippen molar-refractivity contribution in [2.45, 2.75) is 36.6 Å². The molecule has 0 saturated heterocycles. The highest BCUT2D eigenvalue weighted by atomic mass is 16.1. The minimum absolute atomic E-state index is 0.0433. The topological polar surface area (TPSA) is 33.5 Å². The van der Waals surface area contributed by atoms with Crippen LogP contribution >= 0.6 is 0 Å². The van der Waals surface area contributed by atoms with Crippen molar-refractivity contribution in [1.29, 1.82) is 0 Å². The van der Waals surface area contributed by atoms with Crippen molar-refractivity contribution in [2.75, 3.05) is 6.54 Å². The standard InChI is InChI=1S/C15H14N2O/c1-16-15(6-7-15)10-2-3-11-12(8-10)14(4-5-14)9-17-13(11)18/h2-3,8H,4-7,9H2,(H,17,18). The first-order valence-corrected chi connectivity index (χ1v) is 6.51. The average Bonchev–Trinajstić information content (AvgIpc) is 3.30. The third-order valence-corrected chi connectivity index (χ3v) is 4.75. The summed E-state index contributed by atoms with van der Waals surface area (Å²) >= 11 is 0. The van der Waals surface area contributed by atoms with E-state index in [2.05, 4.69) is 16.2 Å². The summed E-state index contributed by atoms with van der Waals surface area (Å²) in [6, 6.07) is 6.04. The largest absolute Gasteiger partial charge is 0.351 e. The molecule has 2 aliphatic carbocycles. The lowest BCUT2D eigenvalue weighted by Crippen LogP contribution is -2.39. The summed E-state index contributed by atoms with van der Waals surface area (Å²) in [7, 11) is 0. The highest BCUT2D eigenvalue weighted by Gasteiger charge is 2.54. The quantitative estimate of drug-likeness (QED) is 0.749. The Hall–Kier alpha value is -1.82. The zero-order chi connectivity index (χ0) is 12.4. The molecule has 3 heteroatoms. The van der Waals surface area contributed by atoms with E-state index in [1.807, 2.05) is 12.1 Å². The van der Waals surface area contributed by atoms with Gasteiger partial charge in [0.05, 0.1) is 0 Å². The lowest BCUT2D eigenvalue weighted by Gasteiger charge is -2.26. The molecule has 3 nitrogen and oxygen atoms in total. The molecule has 0 bridgehead atoms. The van der Waals surface area contributed by atoms with E-state index in [9.17, 15) is 4.79 Å². The van der Waals surface area contributed by atoms with Crippen molar-refractivity contribution in [3.8, 4) is 0 Å². The summed E-state index contributed by atoms with van der Waals surface area (Å²) < 4.78 is 0. The summed E-state index contributed by atoms with van der Waals surface area (Å²) in [6.45, 7) is 8.12.